The molecule has 24 heavy (non-hydrogen) atoms. The molecule has 0 fully saturated rings. The van der Waals surface area contributed by atoms with Crippen LogP contribution in [-0.2, 0) is 14.6 Å². The van der Waals surface area contributed by atoms with Gasteiger partial charge >= 0.3 is 0 Å². The molecule has 9 heteroatoms. The lowest BCUT2D eigenvalue weighted by molar-refractivity contribution is 0.501. The van der Waals surface area contributed by atoms with Crippen LogP contribution in [0.25, 0.3) is 10.7 Å². The highest BCUT2D eigenvalue weighted by Gasteiger charge is 2.48. The number of hydrogen-bond acceptors (Lipinski definition) is 5. The van der Waals surface area contributed by atoms with Crippen LogP contribution in [-0.4, -0.2) is 23.5 Å². The molecule has 0 aromatic carbocycles. The SMILES string of the molecule is CC1(C)c2cccnc2C(O)=C(c2c(Cl)cnc(Cl)c2Cl)S1(=O)=O. The third kappa shape index (κ3) is 2.24. The summed E-state index contributed by atoms with van der Waals surface area (Å²) in [6, 6.07) is 3.22. The molecule has 2 aromatic rings. The van der Waals surface area contributed by atoms with Crippen LogP contribution in [0.4, 0.5) is 0 Å². The Labute approximate surface area is 153 Å². The summed E-state index contributed by atoms with van der Waals surface area (Å²) in [5, 5.41) is 10.3. The Hall–Kier alpha value is -1.34. The van der Waals surface area contributed by atoms with Gasteiger partial charge in [-0.3, -0.25) is 4.98 Å². The van der Waals surface area contributed by atoms with Gasteiger partial charge in [-0.1, -0.05) is 40.9 Å². The van der Waals surface area contributed by atoms with Crippen LogP contribution in [0.3, 0.4) is 0 Å². The van der Waals surface area contributed by atoms with Crippen molar-refractivity contribution in [1.29, 1.82) is 0 Å². The first-order valence-electron chi connectivity index (χ1n) is 6.74. The first-order chi connectivity index (χ1) is 11.1. The Balaban J connectivity index is 2.51. The van der Waals surface area contributed by atoms with Gasteiger partial charge in [0, 0.05) is 23.5 Å². The summed E-state index contributed by atoms with van der Waals surface area (Å²) in [4.78, 5) is 7.48. The fourth-order valence-corrected chi connectivity index (χ4v) is 5.20. The highest BCUT2D eigenvalue weighted by Crippen LogP contribution is 2.50. The number of aliphatic hydroxyl groups is 1. The lowest BCUT2D eigenvalue weighted by Crippen LogP contribution is -2.35. The van der Waals surface area contributed by atoms with Gasteiger partial charge in [0.2, 0.25) is 0 Å². The number of nitrogens with zero attached hydrogens (tertiary/aromatic N) is 2. The lowest BCUT2D eigenvalue weighted by Gasteiger charge is -2.33. The van der Waals surface area contributed by atoms with Crippen molar-refractivity contribution in [2.24, 2.45) is 0 Å². The van der Waals surface area contributed by atoms with E-state index in [2.05, 4.69) is 9.97 Å². The standard InChI is InChI=1S/C15H11Cl3N2O3S/c1-15(2)7-4-3-5-19-11(7)12(21)13(24(15,22)23)9-8(16)6-20-14(18)10(9)17/h3-6,21H,1-2H3. The summed E-state index contributed by atoms with van der Waals surface area (Å²) >= 11 is 18.1. The molecule has 1 N–H and O–H groups in total. The normalized spacial score (nSPS) is 18.4. The van der Waals surface area contributed by atoms with E-state index in [9.17, 15) is 13.5 Å². The van der Waals surface area contributed by atoms with Crippen molar-refractivity contribution in [2.45, 2.75) is 18.6 Å². The molecule has 0 saturated heterocycles. The molecule has 3 rings (SSSR count). The van der Waals surface area contributed by atoms with Crippen molar-refractivity contribution in [3.63, 3.8) is 0 Å². The zero-order valence-corrected chi connectivity index (χ0v) is 15.6. The maximum atomic E-state index is 13.2. The average Bonchev–Trinajstić information content (AvgIpc) is 2.53. The van der Waals surface area contributed by atoms with Crippen LogP contribution in [0, 0.1) is 0 Å². The zero-order valence-electron chi connectivity index (χ0n) is 12.5. The van der Waals surface area contributed by atoms with Crippen molar-refractivity contribution in [3.05, 3.63) is 56.5 Å². The van der Waals surface area contributed by atoms with Gasteiger partial charge < -0.3 is 5.11 Å². The monoisotopic (exact) mass is 404 g/mol. The molecule has 1 aliphatic rings. The van der Waals surface area contributed by atoms with Crippen molar-refractivity contribution >= 4 is 55.3 Å². The molecule has 0 spiro atoms. The molecule has 126 valence electrons. The lowest BCUT2D eigenvalue weighted by atomic mass is 9.98. The largest absolute Gasteiger partial charge is 0.504 e. The van der Waals surface area contributed by atoms with E-state index in [4.69, 9.17) is 34.8 Å². The minimum atomic E-state index is -4.04. The highest BCUT2D eigenvalue weighted by molar-refractivity contribution is 8.01. The minimum absolute atomic E-state index is 0.0373. The van der Waals surface area contributed by atoms with Gasteiger partial charge in [-0.25, -0.2) is 13.4 Å². The van der Waals surface area contributed by atoms with E-state index in [0.717, 1.165) is 0 Å². The van der Waals surface area contributed by atoms with Gasteiger partial charge in [-0.05, 0) is 19.9 Å². The van der Waals surface area contributed by atoms with Crippen LogP contribution in [0.2, 0.25) is 15.2 Å². The summed E-state index contributed by atoms with van der Waals surface area (Å²) in [5.41, 5.74) is 0.464. The van der Waals surface area contributed by atoms with Crippen LogP contribution in [0.5, 0.6) is 0 Å². The molecule has 0 amide bonds. The number of sulfone groups is 1. The van der Waals surface area contributed by atoms with Crippen molar-refractivity contribution in [3.8, 4) is 0 Å². The van der Waals surface area contributed by atoms with E-state index in [1.807, 2.05) is 0 Å². The Bertz CT molecular complexity index is 1000. The van der Waals surface area contributed by atoms with E-state index in [1.165, 1.54) is 26.2 Å². The topological polar surface area (TPSA) is 80.2 Å². The van der Waals surface area contributed by atoms with Gasteiger partial charge in [-0.15, -0.1) is 0 Å². The van der Waals surface area contributed by atoms with E-state index < -0.39 is 25.2 Å². The fraction of sp³-hybridized carbons (Fsp3) is 0.200. The van der Waals surface area contributed by atoms with Gasteiger partial charge in [0.25, 0.3) is 0 Å². The molecule has 2 aromatic heterocycles. The van der Waals surface area contributed by atoms with Gasteiger partial charge in [0.05, 0.1) is 14.8 Å². The second-order valence-electron chi connectivity index (χ2n) is 5.68. The van der Waals surface area contributed by atoms with Crippen molar-refractivity contribution < 1.29 is 13.5 Å². The number of halogens is 3. The summed E-state index contributed by atoms with van der Waals surface area (Å²) < 4.78 is 25.0. The Morgan fingerprint density at radius 3 is 2.50 bits per heavy atom. The summed E-state index contributed by atoms with van der Waals surface area (Å²) in [6.45, 7) is 3.06. The van der Waals surface area contributed by atoms with Crippen LogP contribution in [0.1, 0.15) is 30.7 Å². The fourth-order valence-electron chi connectivity index (χ4n) is 2.62. The van der Waals surface area contributed by atoms with E-state index >= 15 is 0 Å². The number of aliphatic hydroxyl groups excluding tert-OH is 1. The van der Waals surface area contributed by atoms with Crippen LogP contribution >= 0.6 is 34.8 Å². The summed E-state index contributed by atoms with van der Waals surface area (Å²) in [7, 11) is -4.04. The number of pyridine rings is 2. The van der Waals surface area contributed by atoms with E-state index in [-0.39, 0.29) is 26.5 Å². The molecular weight excluding hydrogens is 395 g/mol. The smallest absolute Gasteiger partial charge is 0.192 e. The minimum Gasteiger partial charge on any atom is -0.504 e. The molecule has 0 unspecified atom stereocenters. The van der Waals surface area contributed by atoms with Crippen molar-refractivity contribution in [1.82, 2.24) is 9.97 Å². The van der Waals surface area contributed by atoms with Gasteiger partial charge in [0.1, 0.15) is 15.8 Å². The van der Waals surface area contributed by atoms with Gasteiger partial charge in [0.15, 0.2) is 15.6 Å². The number of rotatable bonds is 1. The highest BCUT2D eigenvalue weighted by atomic mass is 35.5. The second-order valence-corrected chi connectivity index (χ2v) is 9.26. The predicted molar refractivity (Wildman–Crippen MR) is 94.9 cm³/mol. The van der Waals surface area contributed by atoms with Gasteiger partial charge in [-0.2, -0.15) is 0 Å². The summed E-state index contributed by atoms with van der Waals surface area (Å²) in [6.07, 6.45) is 2.64. The molecule has 5 nitrogen and oxygen atoms in total. The molecule has 0 bridgehead atoms. The second kappa shape index (κ2) is 5.59. The zero-order chi connectivity index (χ0) is 17.9. The average molecular weight is 406 g/mol. The first-order valence-corrected chi connectivity index (χ1v) is 9.36. The Kier molecular flexibility index (Phi) is 4.07. The number of aromatic nitrogens is 2. The number of hydrogen-bond donors (Lipinski definition) is 1. The third-order valence-electron chi connectivity index (χ3n) is 3.99. The number of fused-ring (bicyclic) bond motifs is 1. The molecule has 0 aliphatic carbocycles. The molecule has 0 saturated carbocycles. The molecule has 1 aliphatic heterocycles. The molecule has 0 radical (unpaired) electrons. The maximum Gasteiger partial charge on any atom is 0.192 e. The molecule has 3 heterocycles. The molecular formula is C15H11Cl3N2O3S. The van der Waals surface area contributed by atoms with E-state index in [1.54, 1.807) is 12.1 Å². The first kappa shape index (κ1) is 17.5. The van der Waals surface area contributed by atoms with Crippen LogP contribution < -0.4 is 0 Å². The third-order valence-corrected chi connectivity index (χ3v) is 7.53. The van der Waals surface area contributed by atoms with Crippen LogP contribution in [0.15, 0.2) is 24.5 Å². The van der Waals surface area contributed by atoms with Crippen molar-refractivity contribution in [2.75, 3.05) is 0 Å². The Morgan fingerprint density at radius 1 is 1.17 bits per heavy atom. The maximum absolute atomic E-state index is 13.2. The quantitative estimate of drug-likeness (QED) is 0.707. The molecule has 0 atom stereocenters. The van der Waals surface area contributed by atoms with E-state index in [0.29, 0.717) is 5.56 Å². The Morgan fingerprint density at radius 2 is 1.83 bits per heavy atom. The predicted octanol–water partition coefficient (Wildman–Crippen LogP) is 4.48. The summed E-state index contributed by atoms with van der Waals surface area (Å²) in [5.74, 6) is -0.518.